The molecule has 0 aliphatic carbocycles. The van der Waals surface area contributed by atoms with Gasteiger partial charge in [0.1, 0.15) is 16.7 Å². The fourth-order valence-corrected chi connectivity index (χ4v) is 5.06. The van der Waals surface area contributed by atoms with Gasteiger partial charge in [0, 0.05) is 18.1 Å². The first-order chi connectivity index (χ1) is 12.4. The normalized spacial score (nSPS) is 18.4. The third-order valence-corrected chi connectivity index (χ3v) is 6.50. The van der Waals surface area contributed by atoms with Gasteiger partial charge in [-0.05, 0) is 36.2 Å². The smallest absolute Gasteiger partial charge is 0.247 e. The van der Waals surface area contributed by atoms with Crippen molar-refractivity contribution in [3.05, 3.63) is 58.6 Å². The molecule has 0 spiro atoms. The Morgan fingerprint density at radius 3 is 2.65 bits per heavy atom. The first-order valence-electron chi connectivity index (χ1n) is 8.05. The van der Waals surface area contributed by atoms with Crippen molar-refractivity contribution in [3.63, 3.8) is 0 Å². The van der Waals surface area contributed by atoms with Crippen LogP contribution in [0.2, 0.25) is 5.02 Å². The molecule has 1 atom stereocenters. The van der Waals surface area contributed by atoms with E-state index in [0.29, 0.717) is 10.6 Å². The summed E-state index contributed by atoms with van der Waals surface area (Å²) in [5.74, 6) is -0.168. The number of carbonyl (C=O) groups excluding carboxylic acids is 1. The van der Waals surface area contributed by atoms with Crippen LogP contribution in [0.5, 0.6) is 5.75 Å². The van der Waals surface area contributed by atoms with Crippen molar-refractivity contribution < 1.29 is 17.9 Å². The van der Waals surface area contributed by atoms with Crippen LogP contribution >= 0.6 is 11.6 Å². The molecule has 138 valence electrons. The zero-order valence-electron chi connectivity index (χ0n) is 14.4. The number of benzene rings is 2. The molecule has 0 bridgehead atoms. The van der Waals surface area contributed by atoms with Gasteiger partial charge in [0.2, 0.25) is 15.9 Å². The molecular weight excluding hydrogens is 376 g/mol. The van der Waals surface area contributed by atoms with Crippen molar-refractivity contribution >= 4 is 27.5 Å². The van der Waals surface area contributed by atoms with Gasteiger partial charge < -0.3 is 10.1 Å². The van der Waals surface area contributed by atoms with Crippen LogP contribution in [0.25, 0.3) is 0 Å². The van der Waals surface area contributed by atoms with Crippen LogP contribution in [0.4, 0.5) is 0 Å². The molecule has 0 saturated carbocycles. The summed E-state index contributed by atoms with van der Waals surface area (Å²) in [5, 5.41) is 3.06. The Kier molecular flexibility index (Phi) is 5.22. The number of ether oxygens (including phenoxy) is 1. The number of carbonyl (C=O) groups is 1. The van der Waals surface area contributed by atoms with Gasteiger partial charge in [-0.2, -0.15) is 4.31 Å². The zero-order valence-corrected chi connectivity index (χ0v) is 16.0. The van der Waals surface area contributed by atoms with E-state index in [-0.39, 0.29) is 23.7 Å². The van der Waals surface area contributed by atoms with E-state index in [0.717, 1.165) is 5.56 Å². The van der Waals surface area contributed by atoms with Crippen molar-refractivity contribution in [1.82, 2.24) is 9.62 Å². The number of hydrogen-bond acceptors (Lipinski definition) is 4. The highest BCUT2D eigenvalue weighted by Gasteiger charge is 2.41. The van der Waals surface area contributed by atoms with Gasteiger partial charge >= 0.3 is 0 Å². The Hall–Kier alpha value is -2.09. The maximum atomic E-state index is 13.4. The summed E-state index contributed by atoms with van der Waals surface area (Å²) in [4.78, 5) is 12.6. The fraction of sp³-hybridized carbons (Fsp3) is 0.278. The van der Waals surface area contributed by atoms with Crippen LogP contribution < -0.4 is 10.1 Å². The third-order valence-electron chi connectivity index (χ3n) is 4.27. The molecule has 1 unspecified atom stereocenters. The lowest BCUT2D eigenvalue weighted by Gasteiger charge is -2.34. The van der Waals surface area contributed by atoms with Gasteiger partial charge in [0.05, 0.1) is 7.11 Å². The molecular formula is C18H19ClN2O4S. The number of methoxy groups -OCH3 is 1. The SMILES string of the molecule is COc1ccc(C)cc1S(=O)(=O)N1CCNC(=O)C1c1ccccc1Cl. The van der Waals surface area contributed by atoms with Gasteiger partial charge in [-0.3, -0.25) is 4.79 Å². The molecule has 3 rings (SSSR count). The number of amides is 1. The first-order valence-corrected chi connectivity index (χ1v) is 9.86. The van der Waals surface area contributed by atoms with Gasteiger partial charge in [-0.25, -0.2) is 8.42 Å². The molecule has 1 fully saturated rings. The summed E-state index contributed by atoms with van der Waals surface area (Å²) in [6.07, 6.45) is 0. The van der Waals surface area contributed by atoms with Crippen molar-refractivity contribution in [2.24, 2.45) is 0 Å². The Bertz CT molecular complexity index is 946. The molecule has 1 saturated heterocycles. The van der Waals surface area contributed by atoms with E-state index in [1.807, 2.05) is 0 Å². The molecule has 6 nitrogen and oxygen atoms in total. The predicted octanol–water partition coefficient (Wildman–Crippen LogP) is 2.52. The van der Waals surface area contributed by atoms with Gasteiger partial charge in [0.25, 0.3) is 0 Å². The summed E-state index contributed by atoms with van der Waals surface area (Å²) in [6, 6.07) is 10.6. The summed E-state index contributed by atoms with van der Waals surface area (Å²) in [6.45, 7) is 2.17. The molecule has 2 aromatic carbocycles. The number of halogens is 1. The third kappa shape index (κ3) is 3.30. The minimum Gasteiger partial charge on any atom is -0.495 e. The quantitative estimate of drug-likeness (QED) is 0.864. The van der Waals surface area contributed by atoms with Crippen LogP contribution in [-0.2, 0) is 14.8 Å². The van der Waals surface area contributed by atoms with E-state index in [1.54, 1.807) is 49.4 Å². The Morgan fingerprint density at radius 2 is 1.96 bits per heavy atom. The van der Waals surface area contributed by atoms with Crippen molar-refractivity contribution in [2.75, 3.05) is 20.2 Å². The average Bonchev–Trinajstić information content (AvgIpc) is 2.62. The van der Waals surface area contributed by atoms with E-state index in [9.17, 15) is 13.2 Å². The topological polar surface area (TPSA) is 75.7 Å². The molecule has 1 aliphatic rings. The van der Waals surface area contributed by atoms with E-state index in [4.69, 9.17) is 16.3 Å². The first kappa shape index (κ1) is 18.7. The number of nitrogens with zero attached hydrogens (tertiary/aromatic N) is 1. The number of piperazine rings is 1. The second kappa shape index (κ2) is 7.26. The van der Waals surface area contributed by atoms with Crippen LogP contribution in [0.1, 0.15) is 17.2 Å². The molecule has 0 radical (unpaired) electrons. The number of aryl methyl sites for hydroxylation is 1. The number of sulfonamides is 1. The van der Waals surface area contributed by atoms with E-state index in [2.05, 4.69) is 5.32 Å². The summed E-state index contributed by atoms with van der Waals surface area (Å²) < 4.78 is 33.2. The largest absolute Gasteiger partial charge is 0.495 e. The highest BCUT2D eigenvalue weighted by Crippen LogP contribution is 2.36. The van der Waals surface area contributed by atoms with Crippen LogP contribution in [0, 0.1) is 6.92 Å². The van der Waals surface area contributed by atoms with Crippen molar-refractivity contribution in [3.8, 4) is 5.75 Å². The second-order valence-electron chi connectivity index (χ2n) is 5.99. The Labute approximate surface area is 157 Å². The average molecular weight is 395 g/mol. The lowest BCUT2D eigenvalue weighted by Crippen LogP contribution is -2.52. The zero-order chi connectivity index (χ0) is 18.9. The van der Waals surface area contributed by atoms with E-state index >= 15 is 0 Å². The summed E-state index contributed by atoms with van der Waals surface area (Å²) in [5.41, 5.74) is 1.22. The number of nitrogens with one attached hydrogen (secondary N) is 1. The second-order valence-corrected chi connectivity index (χ2v) is 8.25. The standard InChI is InChI=1S/C18H19ClN2O4S/c1-12-7-8-15(25-2)16(11-12)26(23,24)21-10-9-20-18(22)17(21)13-5-3-4-6-14(13)19/h3-8,11,17H,9-10H2,1-2H3,(H,20,22). The maximum absolute atomic E-state index is 13.4. The molecule has 1 amide bonds. The molecule has 2 aromatic rings. The fourth-order valence-electron chi connectivity index (χ4n) is 3.01. The molecule has 0 aromatic heterocycles. The van der Waals surface area contributed by atoms with Crippen LogP contribution in [0.15, 0.2) is 47.4 Å². The minimum atomic E-state index is -3.99. The van der Waals surface area contributed by atoms with Gasteiger partial charge in [0.15, 0.2) is 0 Å². The minimum absolute atomic E-state index is 0.0340. The highest BCUT2D eigenvalue weighted by molar-refractivity contribution is 7.89. The van der Waals surface area contributed by atoms with E-state index < -0.39 is 22.0 Å². The Balaban J connectivity index is 2.15. The molecule has 1 aliphatic heterocycles. The number of rotatable bonds is 4. The van der Waals surface area contributed by atoms with Gasteiger partial charge in [-0.15, -0.1) is 0 Å². The highest BCUT2D eigenvalue weighted by atomic mass is 35.5. The predicted molar refractivity (Wildman–Crippen MR) is 98.8 cm³/mol. The van der Waals surface area contributed by atoms with Crippen molar-refractivity contribution in [1.29, 1.82) is 0 Å². The maximum Gasteiger partial charge on any atom is 0.247 e. The Morgan fingerprint density at radius 1 is 1.23 bits per heavy atom. The summed E-state index contributed by atoms with van der Waals surface area (Å²) in [7, 11) is -2.57. The van der Waals surface area contributed by atoms with E-state index in [1.165, 1.54) is 11.4 Å². The molecule has 8 heteroatoms. The van der Waals surface area contributed by atoms with Crippen molar-refractivity contribution in [2.45, 2.75) is 17.9 Å². The lowest BCUT2D eigenvalue weighted by atomic mass is 10.0. The van der Waals surface area contributed by atoms with Crippen LogP contribution in [-0.4, -0.2) is 38.8 Å². The lowest BCUT2D eigenvalue weighted by molar-refractivity contribution is -0.126. The summed E-state index contributed by atoms with van der Waals surface area (Å²) >= 11 is 6.24. The number of hydrogen-bond donors (Lipinski definition) is 1. The van der Waals surface area contributed by atoms with Gasteiger partial charge in [-0.1, -0.05) is 35.9 Å². The molecule has 1 N–H and O–H groups in total. The van der Waals surface area contributed by atoms with Crippen LogP contribution in [0.3, 0.4) is 0 Å². The molecule has 26 heavy (non-hydrogen) atoms. The molecule has 1 heterocycles. The monoisotopic (exact) mass is 394 g/mol.